The number of nitrogens with zero attached hydrogens (tertiary/aromatic N) is 3. The molecule has 0 saturated heterocycles. The number of guanidine groups is 1. The normalized spacial score (nSPS) is 13.8. The van der Waals surface area contributed by atoms with Crippen LogP contribution >= 0.6 is 0 Å². The Hall–Kier alpha value is -2.28. The maximum Gasteiger partial charge on any atom is 0.213 e. The van der Waals surface area contributed by atoms with Gasteiger partial charge in [0.15, 0.2) is 5.96 Å². The van der Waals surface area contributed by atoms with E-state index in [0.29, 0.717) is 24.9 Å². The van der Waals surface area contributed by atoms with Crippen molar-refractivity contribution in [3.05, 3.63) is 42.0 Å². The van der Waals surface area contributed by atoms with E-state index in [9.17, 15) is 0 Å². The topological polar surface area (TPSA) is 78.8 Å². The molecule has 0 saturated carbocycles. The zero-order valence-corrected chi connectivity index (χ0v) is 17.4. The monoisotopic (exact) mass is 375 g/mol. The molecule has 0 radical (unpaired) electrons. The third-order valence-electron chi connectivity index (χ3n) is 4.51. The van der Waals surface area contributed by atoms with E-state index in [-0.39, 0.29) is 11.5 Å². The van der Waals surface area contributed by atoms with Crippen LogP contribution in [0.4, 0.5) is 0 Å². The van der Waals surface area contributed by atoms with Crippen LogP contribution in [0.5, 0.6) is 0 Å². The van der Waals surface area contributed by atoms with Crippen LogP contribution in [0.2, 0.25) is 0 Å². The summed E-state index contributed by atoms with van der Waals surface area (Å²) in [5, 5.41) is 6.64. The smallest absolute Gasteiger partial charge is 0.213 e. The number of furan rings is 1. The third-order valence-corrected chi connectivity index (χ3v) is 4.51. The second-order valence-electron chi connectivity index (χ2n) is 7.43. The number of aromatic nitrogens is 1. The molecule has 0 amide bonds. The van der Waals surface area contributed by atoms with Gasteiger partial charge in [0.25, 0.3) is 0 Å². The van der Waals surface area contributed by atoms with Gasteiger partial charge in [0, 0.05) is 19.0 Å². The Balaban J connectivity index is 1.94. The number of nitrogens with one attached hydrogen (secondary N) is 2. The Morgan fingerprint density at radius 2 is 2.00 bits per heavy atom. The molecule has 0 fully saturated rings. The fourth-order valence-corrected chi connectivity index (χ4v) is 2.87. The summed E-state index contributed by atoms with van der Waals surface area (Å²) < 4.78 is 11.5. The first kappa shape index (κ1) is 21.0. The summed E-state index contributed by atoms with van der Waals surface area (Å²) in [6.07, 6.45) is 3.51. The summed E-state index contributed by atoms with van der Waals surface area (Å²) in [4.78, 5) is 11.0. The van der Waals surface area contributed by atoms with Gasteiger partial charge in [0.2, 0.25) is 5.89 Å². The third kappa shape index (κ3) is 5.85. The Bertz CT molecular complexity index is 696. The first-order valence-corrected chi connectivity index (χ1v) is 9.56. The van der Waals surface area contributed by atoms with Gasteiger partial charge in [-0.25, -0.2) is 4.98 Å². The Labute approximate surface area is 162 Å². The molecule has 150 valence electrons. The molecule has 7 heteroatoms. The second-order valence-corrected chi connectivity index (χ2v) is 7.43. The average Bonchev–Trinajstić information content (AvgIpc) is 3.32. The number of aliphatic imine (C=N–C) groups is 1. The minimum Gasteiger partial charge on any atom is -0.468 e. The summed E-state index contributed by atoms with van der Waals surface area (Å²) in [6, 6.07) is 4.08. The lowest BCUT2D eigenvalue weighted by molar-refractivity contribution is 0.193. The van der Waals surface area contributed by atoms with Crippen molar-refractivity contribution in [3.8, 4) is 0 Å². The summed E-state index contributed by atoms with van der Waals surface area (Å²) in [6.45, 7) is 13.7. The van der Waals surface area contributed by atoms with Crippen molar-refractivity contribution in [2.75, 3.05) is 26.7 Å². The molecule has 1 atom stereocenters. The van der Waals surface area contributed by atoms with Gasteiger partial charge in [-0.05, 0) is 25.2 Å². The Morgan fingerprint density at radius 3 is 2.52 bits per heavy atom. The van der Waals surface area contributed by atoms with Crippen LogP contribution in [-0.2, 0) is 12.0 Å². The summed E-state index contributed by atoms with van der Waals surface area (Å²) in [5.74, 6) is 3.18. The number of oxazole rings is 1. The van der Waals surface area contributed by atoms with Crippen LogP contribution in [0.1, 0.15) is 58.1 Å². The molecule has 7 nitrogen and oxygen atoms in total. The number of likely N-dealkylation sites (N-methyl/N-ethyl adjacent to an activating group) is 1. The van der Waals surface area contributed by atoms with E-state index in [1.54, 1.807) is 19.5 Å². The maximum absolute atomic E-state index is 5.82. The van der Waals surface area contributed by atoms with Crippen molar-refractivity contribution in [2.45, 2.75) is 52.6 Å². The van der Waals surface area contributed by atoms with Crippen molar-refractivity contribution < 1.29 is 8.83 Å². The van der Waals surface area contributed by atoms with Gasteiger partial charge in [0.1, 0.15) is 11.5 Å². The van der Waals surface area contributed by atoms with Crippen molar-refractivity contribution >= 4 is 5.96 Å². The van der Waals surface area contributed by atoms with Crippen LogP contribution in [0.25, 0.3) is 0 Å². The molecule has 0 bridgehead atoms. The molecule has 2 rings (SSSR count). The molecule has 2 aromatic heterocycles. The first-order chi connectivity index (χ1) is 12.9. The van der Waals surface area contributed by atoms with Crippen LogP contribution in [-0.4, -0.2) is 42.5 Å². The zero-order chi connectivity index (χ0) is 19.9. The SMILES string of the molecule is CCN(CC)C(CNC(=NC)NCc1ncc(C(C)(C)C)o1)c1ccco1. The largest absolute Gasteiger partial charge is 0.468 e. The molecule has 27 heavy (non-hydrogen) atoms. The van der Waals surface area contributed by atoms with Crippen molar-refractivity contribution in [3.63, 3.8) is 0 Å². The Morgan fingerprint density at radius 1 is 1.26 bits per heavy atom. The van der Waals surface area contributed by atoms with Crippen LogP contribution < -0.4 is 10.6 Å². The van der Waals surface area contributed by atoms with Crippen LogP contribution in [0, 0.1) is 0 Å². The minimum atomic E-state index is -0.0504. The van der Waals surface area contributed by atoms with E-state index in [2.05, 4.69) is 60.1 Å². The fourth-order valence-electron chi connectivity index (χ4n) is 2.87. The van der Waals surface area contributed by atoms with Gasteiger partial charge in [-0.1, -0.05) is 34.6 Å². The fraction of sp³-hybridized carbons (Fsp3) is 0.600. The second kappa shape index (κ2) is 9.60. The minimum absolute atomic E-state index is 0.0504. The van der Waals surface area contributed by atoms with Gasteiger partial charge >= 0.3 is 0 Å². The number of hydrogen-bond donors (Lipinski definition) is 2. The van der Waals surface area contributed by atoms with Gasteiger partial charge in [-0.3, -0.25) is 9.89 Å². The average molecular weight is 376 g/mol. The van der Waals surface area contributed by atoms with E-state index >= 15 is 0 Å². The standard InChI is InChI=1S/C20H33N5O2/c1-7-25(8-2)15(16-10-9-11-26-16)12-23-19(21-6)24-14-18-22-13-17(27-18)20(3,4)5/h9-11,13,15H,7-8,12,14H2,1-6H3,(H2,21,23,24). The van der Waals surface area contributed by atoms with Crippen molar-refractivity contribution in [2.24, 2.45) is 4.99 Å². The molecular weight excluding hydrogens is 342 g/mol. The quantitative estimate of drug-likeness (QED) is 0.544. The van der Waals surface area contributed by atoms with Crippen molar-refractivity contribution in [1.29, 1.82) is 0 Å². The molecule has 2 heterocycles. The lowest BCUT2D eigenvalue weighted by Gasteiger charge is -2.28. The number of hydrogen-bond acceptors (Lipinski definition) is 5. The molecule has 1 unspecified atom stereocenters. The van der Waals surface area contributed by atoms with E-state index in [1.165, 1.54) is 0 Å². The van der Waals surface area contributed by atoms with Gasteiger partial charge in [-0.2, -0.15) is 0 Å². The molecule has 0 aliphatic carbocycles. The van der Waals surface area contributed by atoms with E-state index in [0.717, 1.165) is 24.6 Å². The molecule has 0 aliphatic rings. The highest BCUT2D eigenvalue weighted by Crippen LogP contribution is 2.22. The molecule has 0 aliphatic heterocycles. The molecule has 2 aromatic rings. The van der Waals surface area contributed by atoms with E-state index in [4.69, 9.17) is 8.83 Å². The highest BCUT2D eigenvalue weighted by Gasteiger charge is 2.21. The Kier molecular flexibility index (Phi) is 7.47. The highest BCUT2D eigenvalue weighted by molar-refractivity contribution is 5.79. The summed E-state index contributed by atoms with van der Waals surface area (Å²) in [7, 11) is 1.75. The van der Waals surface area contributed by atoms with E-state index < -0.39 is 0 Å². The van der Waals surface area contributed by atoms with Gasteiger partial charge in [0.05, 0.1) is 25.0 Å². The van der Waals surface area contributed by atoms with Crippen LogP contribution in [0.3, 0.4) is 0 Å². The van der Waals surface area contributed by atoms with Crippen LogP contribution in [0.15, 0.2) is 38.4 Å². The maximum atomic E-state index is 5.82. The molecule has 0 aromatic carbocycles. The molecule has 0 spiro atoms. The van der Waals surface area contributed by atoms with Crippen molar-refractivity contribution in [1.82, 2.24) is 20.5 Å². The van der Waals surface area contributed by atoms with Gasteiger partial charge < -0.3 is 19.5 Å². The predicted octanol–water partition coefficient (Wildman–Crippen LogP) is 3.31. The highest BCUT2D eigenvalue weighted by atomic mass is 16.4. The molecule has 2 N–H and O–H groups in total. The summed E-state index contributed by atoms with van der Waals surface area (Å²) in [5.41, 5.74) is -0.0504. The first-order valence-electron chi connectivity index (χ1n) is 9.56. The van der Waals surface area contributed by atoms with Gasteiger partial charge in [-0.15, -0.1) is 0 Å². The lowest BCUT2D eigenvalue weighted by Crippen LogP contribution is -2.43. The number of rotatable bonds is 8. The zero-order valence-electron chi connectivity index (χ0n) is 17.4. The van der Waals surface area contributed by atoms with E-state index in [1.807, 2.05) is 12.1 Å². The molecular formula is C20H33N5O2. The lowest BCUT2D eigenvalue weighted by atomic mass is 9.94. The predicted molar refractivity (Wildman–Crippen MR) is 108 cm³/mol. The summed E-state index contributed by atoms with van der Waals surface area (Å²) >= 11 is 0.